The van der Waals surface area contributed by atoms with E-state index in [4.69, 9.17) is 16.3 Å². The van der Waals surface area contributed by atoms with Crippen LogP contribution in [0.25, 0.3) is 0 Å². The van der Waals surface area contributed by atoms with E-state index in [0.717, 1.165) is 41.9 Å². The summed E-state index contributed by atoms with van der Waals surface area (Å²) in [5.74, 6) is 0.709. The Labute approximate surface area is 146 Å². The number of aromatic nitrogens is 2. The summed E-state index contributed by atoms with van der Waals surface area (Å²) in [5, 5.41) is 3.66. The summed E-state index contributed by atoms with van der Waals surface area (Å²) in [7, 11) is 1.69. The molecule has 1 aliphatic rings. The molecule has 3 rings (SSSR count). The molecule has 2 atom stereocenters. The zero-order valence-electron chi connectivity index (χ0n) is 13.9. The fourth-order valence-electron chi connectivity index (χ4n) is 3.17. The summed E-state index contributed by atoms with van der Waals surface area (Å²) >= 11 is 6.15. The van der Waals surface area contributed by atoms with Crippen molar-refractivity contribution in [3.05, 3.63) is 52.2 Å². The number of nitrogens with one attached hydrogen (secondary N) is 1. The molecule has 4 nitrogen and oxygen atoms in total. The van der Waals surface area contributed by atoms with Crippen molar-refractivity contribution in [2.24, 2.45) is 0 Å². The van der Waals surface area contributed by atoms with Gasteiger partial charge in [-0.2, -0.15) is 0 Å². The van der Waals surface area contributed by atoms with E-state index in [0.29, 0.717) is 6.61 Å². The van der Waals surface area contributed by atoms with Gasteiger partial charge in [0.1, 0.15) is 11.6 Å². The summed E-state index contributed by atoms with van der Waals surface area (Å²) in [6.07, 6.45) is 2.69. The van der Waals surface area contributed by atoms with E-state index in [1.807, 2.05) is 12.1 Å². The van der Waals surface area contributed by atoms with Gasteiger partial charge in [-0.25, -0.2) is 14.4 Å². The van der Waals surface area contributed by atoms with E-state index in [2.05, 4.69) is 22.2 Å². The predicted octanol–water partition coefficient (Wildman–Crippen LogP) is 4.18. The molecule has 1 unspecified atom stereocenters. The van der Waals surface area contributed by atoms with Crippen molar-refractivity contribution in [1.29, 1.82) is 0 Å². The molecule has 24 heavy (non-hydrogen) atoms. The van der Waals surface area contributed by atoms with Gasteiger partial charge >= 0.3 is 0 Å². The molecule has 0 amide bonds. The second-order valence-electron chi connectivity index (χ2n) is 6.17. The van der Waals surface area contributed by atoms with Crippen LogP contribution in [0.1, 0.15) is 42.5 Å². The van der Waals surface area contributed by atoms with Crippen LogP contribution in [0, 0.1) is 5.82 Å². The minimum atomic E-state index is -0.230. The Kier molecular flexibility index (Phi) is 5.31. The number of nitrogens with zero attached hydrogens (tertiary/aromatic N) is 2. The minimum Gasteiger partial charge on any atom is -0.385 e. The van der Waals surface area contributed by atoms with Crippen LogP contribution in [0.15, 0.2) is 24.3 Å². The third-order valence-corrected chi connectivity index (χ3v) is 4.60. The predicted molar refractivity (Wildman–Crippen MR) is 93.2 cm³/mol. The van der Waals surface area contributed by atoms with Crippen molar-refractivity contribution in [3.8, 4) is 0 Å². The third kappa shape index (κ3) is 3.68. The second kappa shape index (κ2) is 7.45. The summed E-state index contributed by atoms with van der Waals surface area (Å²) in [5.41, 5.74) is 3.12. The van der Waals surface area contributed by atoms with Gasteiger partial charge in [0.2, 0.25) is 5.28 Å². The maximum Gasteiger partial charge on any atom is 0.224 e. The number of rotatable bonds is 6. The molecule has 2 aromatic rings. The van der Waals surface area contributed by atoms with Crippen LogP contribution in [0.2, 0.25) is 5.28 Å². The highest BCUT2D eigenvalue weighted by Crippen LogP contribution is 2.40. The van der Waals surface area contributed by atoms with Crippen LogP contribution in [0.3, 0.4) is 0 Å². The van der Waals surface area contributed by atoms with Crippen LogP contribution in [0.4, 0.5) is 10.2 Å². The molecular formula is C18H21ClFN3O. The number of anilines is 1. The molecule has 1 aromatic carbocycles. The molecule has 1 N–H and O–H groups in total. The average Bonchev–Trinajstić information content (AvgIpc) is 2.97. The van der Waals surface area contributed by atoms with Crippen LogP contribution in [-0.2, 0) is 11.2 Å². The van der Waals surface area contributed by atoms with E-state index < -0.39 is 0 Å². The third-order valence-electron chi connectivity index (χ3n) is 4.44. The van der Waals surface area contributed by atoms with Gasteiger partial charge in [-0.15, -0.1) is 0 Å². The lowest BCUT2D eigenvalue weighted by molar-refractivity contribution is 0.191. The number of methoxy groups -OCH3 is 1. The number of ether oxygens (including phenoxy) is 1. The lowest BCUT2D eigenvalue weighted by Crippen LogP contribution is -2.19. The molecule has 0 bridgehead atoms. The number of benzene rings is 1. The highest BCUT2D eigenvalue weighted by Gasteiger charge is 2.29. The Bertz CT molecular complexity index is 708. The summed E-state index contributed by atoms with van der Waals surface area (Å²) in [6, 6.07) is 6.84. The van der Waals surface area contributed by atoms with Crippen LogP contribution < -0.4 is 5.32 Å². The van der Waals surface area contributed by atoms with Crippen LogP contribution >= 0.6 is 11.6 Å². The average molecular weight is 350 g/mol. The highest BCUT2D eigenvalue weighted by atomic mass is 35.5. The zero-order valence-corrected chi connectivity index (χ0v) is 14.6. The molecule has 0 spiro atoms. The van der Waals surface area contributed by atoms with Gasteiger partial charge in [-0.1, -0.05) is 12.1 Å². The van der Waals surface area contributed by atoms with E-state index in [1.165, 1.54) is 12.1 Å². The first-order valence-electron chi connectivity index (χ1n) is 8.15. The zero-order chi connectivity index (χ0) is 17.1. The van der Waals surface area contributed by atoms with E-state index in [9.17, 15) is 4.39 Å². The fourth-order valence-corrected chi connectivity index (χ4v) is 3.35. The van der Waals surface area contributed by atoms with Crippen molar-refractivity contribution in [2.45, 2.75) is 38.1 Å². The van der Waals surface area contributed by atoms with E-state index >= 15 is 0 Å². The summed E-state index contributed by atoms with van der Waals surface area (Å²) in [4.78, 5) is 8.84. The molecule has 0 radical (unpaired) electrons. The molecule has 0 fully saturated rings. The largest absolute Gasteiger partial charge is 0.385 e. The first-order chi connectivity index (χ1) is 11.6. The Morgan fingerprint density at radius 3 is 2.79 bits per heavy atom. The first-order valence-corrected chi connectivity index (χ1v) is 8.53. The molecule has 6 heteroatoms. The Morgan fingerprint density at radius 2 is 2.08 bits per heavy atom. The van der Waals surface area contributed by atoms with Crippen molar-refractivity contribution in [2.75, 3.05) is 19.0 Å². The van der Waals surface area contributed by atoms with Gasteiger partial charge in [0.25, 0.3) is 0 Å². The SMILES string of the molecule is COCC[C@@H](C)Nc1nc(Cl)nc2c1CCC2c1ccc(F)cc1. The van der Waals surface area contributed by atoms with Crippen molar-refractivity contribution in [1.82, 2.24) is 9.97 Å². The van der Waals surface area contributed by atoms with E-state index in [-0.39, 0.29) is 23.1 Å². The quantitative estimate of drug-likeness (QED) is 0.794. The Hall–Kier alpha value is -1.72. The lowest BCUT2D eigenvalue weighted by Gasteiger charge is -2.17. The van der Waals surface area contributed by atoms with Gasteiger partial charge < -0.3 is 10.1 Å². The minimum absolute atomic E-state index is 0.135. The maximum atomic E-state index is 13.2. The van der Waals surface area contributed by atoms with Crippen molar-refractivity contribution < 1.29 is 9.13 Å². The number of hydrogen-bond donors (Lipinski definition) is 1. The fraction of sp³-hybridized carbons (Fsp3) is 0.444. The first kappa shape index (κ1) is 17.1. The molecular weight excluding hydrogens is 329 g/mol. The number of halogens is 2. The number of fused-ring (bicyclic) bond motifs is 1. The van der Waals surface area contributed by atoms with Gasteiger partial charge in [0.05, 0.1) is 5.69 Å². The van der Waals surface area contributed by atoms with Gasteiger partial charge in [0.15, 0.2) is 0 Å². The lowest BCUT2D eigenvalue weighted by atomic mass is 9.97. The molecule has 1 aliphatic carbocycles. The smallest absolute Gasteiger partial charge is 0.224 e. The van der Waals surface area contributed by atoms with Crippen LogP contribution in [0.5, 0.6) is 0 Å². The van der Waals surface area contributed by atoms with Gasteiger partial charge in [-0.3, -0.25) is 0 Å². The van der Waals surface area contributed by atoms with Crippen LogP contribution in [-0.4, -0.2) is 29.7 Å². The molecule has 0 saturated heterocycles. The molecule has 0 saturated carbocycles. The summed E-state index contributed by atoms with van der Waals surface area (Å²) in [6.45, 7) is 2.78. The highest BCUT2D eigenvalue weighted by molar-refractivity contribution is 6.28. The molecule has 128 valence electrons. The molecule has 1 heterocycles. The standard InChI is InChI=1S/C18H21ClFN3O/c1-11(9-10-24-2)21-17-15-8-7-14(16(15)22-18(19)23-17)12-3-5-13(20)6-4-12/h3-6,11,14H,7-10H2,1-2H3,(H,21,22,23)/t11-,14?/m1/s1. The number of hydrogen-bond acceptors (Lipinski definition) is 4. The second-order valence-corrected chi connectivity index (χ2v) is 6.51. The Balaban J connectivity index is 1.87. The van der Waals surface area contributed by atoms with Gasteiger partial charge in [-0.05, 0) is 55.5 Å². The van der Waals surface area contributed by atoms with Crippen molar-refractivity contribution >= 4 is 17.4 Å². The monoisotopic (exact) mass is 349 g/mol. The topological polar surface area (TPSA) is 47.0 Å². The molecule has 0 aliphatic heterocycles. The normalized spacial score (nSPS) is 17.6. The Morgan fingerprint density at radius 1 is 1.33 bits per heavy atom. The summed E-state index contributed by atoms with van der Waals surface area (Å²) < 4.78 is 18.3. The van der Waals surface area contributed by atoms with E-state index in [1.54, 1.807) is 7.11 Å². The van der Waals surface area contributed by atoms with Gasteiger partial charge in [0, 0.05) is 31.2 Å². The van der Waals surface area contributed by atoms with Crippen molar-refractivity contribution in [3.63, 3.8) is 0 Å². The maximum absolute atomic E-state index is 13.2. The molecule has 1 aromatic heterocycles.